The number of amides is 2. The van der Waals surface area contributed by atoms with Gasteiger partial charge in [0.1, 0.15) is 18.5 Å². The minimum atomic E-state index is -2.99. The number of alkyl carbamates (subject to hydrolysis) is 1. The zero-order chi connectivity index (χ0) is 22.8. The van der Waals surface area contributed by atoms with Crippen LogP contribution in [0.3, 0.4) is 0 Å². The zero-order valence-corrected chi connectivity index (χ0v) is 16.4. The van der Waals surface area contributed by atoms with Crippen LogP contribution in [-0.2, 0) is 9.47 Å². The molecule has 0 spiro atoms. The first-order valence-corrected chi connectivity index (χ1v) is 9.17. The number of halogens is 5. The van der Waals surface area contributed by atoms with Gasteiger partial charge in [-0.05, 0) is 30.5 Å². The van der Waals surface area contributed by atoms with Gasteiger partial charge < -0.3 is 20.5 Å². The Morgan fingerprint density at radius 3 is 2.58 bits per heavy atom. The number of nitrogens with two attached hydrogens (primary N) is 1. The van der Waals surface area contributed by atoms with E-state index >= 15 is 0 Å². The minimum Gasteiger partial charge on any atom is -0.445 e. The number of carbonyl (C=O) groups excluding carboxylic acids is 2. The van der Waals surface area contributed by atoms with Crippen LogP contribution in [-0.4, -0.2) is 45.5 Å². The molecule has 168 valence electrons. The van der Waals surface area contributed by atoms with Gasteiger partial charge >= 0.3 is 18.7 Å². The Morgan fingerprint density at radius 2 is 2.00 bits per heavy atom. The van der Waals surface area contributed by atoms with Gasteiger partial charge in [-0.1, -0.05) is 17.7 Å². The summed E-state index contributed by atoms with van der Waals surface area (Å²) in [4.78, 5) is 26.9. The van der Waals surface area contributed by atoms with Crippen molar-refractivity contribution in [2.45, 2.75) is 37.5 Å². The van der Waals surface area contributed by atoms with E-state index in [9.17, 15) is 27.2 Å². The largest absolute Gasteiger partial charge is 0.445 e. The average Bonchev–Trinajstić information content (AvgIpc) is 3.31. The molecule has 9 nitrogen and oxygen atoms in total. The van der Waals surface area contributed by atoms with Crippen LogP contribution >= 0.6 is 11.6 Å². The molecule has 1 heterocycles. The number of hydrogen-bond donors (Lipinski definition) is 2. The van der Waals surface area contributed by atoms with Crippen LogP contribution in [0.5, 0.6) is 0 Å². The molecule has 2 aromatic rings. The fourth-order valence-corrected chi connectivity index (χ4v) is 2.96. The highest BCUT2D eigenvalue weighted by atomic mass is 35.5. The highest BCUT2D eigenvalue weighted by Crippen LogP contribution is 2.41. The topological polar surface area (TPSA) is 121 Å². The number of carbonyl (C=O) groups is 2. The lowest BCUT2D eigenvalue weighted by molar-refractivity contribution is 0.0383. The van der Waals surface area contributed by atoms with Gasteiger partial charge in [0.15, 0.2) is 11.9 Å². The molecule has 1 unspecified atom stereocenters. The van der Waals surface area contributed by atoms with Crippen molar-refractivity contribution in [3.63, 3.8) is 0 Å². The molecule has 0 saturated heterocycles. The first-order valence-electron chi connectivity index (χ1n) is 8.79. The zero-order valence-electron chi connectivity index (χ0n) is 15.6. The Hall–Kier alpha value is -3.09. The number of ether oxygens (including phenoxy) is 2. The van der Waals surface area contributed by atoms with Gasteiger partial charge in [0.25, 0.3) is 6.43 Å². The van der Waals surface area contributed by atoms with Crippen LogP contribution in [0.4, 0.5) is 27.2 Å². The quantitative estimate of drug-likeness (QED) is 0.574. The fourth-order valence-electron chi connectivity index (χ4n) is 2.76. The first kappa shape index (κ1) is 22.6. The van der Waals surface area contributed by atoms with Gasteiger partial charge in [-0.2, -0.15) is 18.6 Å². The number of rotatable bonds is 8. The van der Waals surface area contributed by atoms with Gasteiger partial charge in [0.2, 0.25) is 0 Å². The highest BCUT2D eigenvalue weighted by molar-refractivity contribution is 6.33. The van der Waals surface area contributed by atoms with Crippen LogP contribution in [0.2, 0.25) is 5.02 Å². The van der Waals surface area contributed by atoms with Crippen molar-refractivity contribution in [2.75, 3.05) is 6.61 Å². The molecule has 1 aromatic heterocycles. The van der Waals surface area contributed by atoms with Crippen LogP contribution in [0.1, 0.15) is 31.1 Å². The van der Waals surface area contributed by atoms with Crippen molar-refractivity contribution in [1.29, 1.82) is 0 Å². The fraction of sp³-hybridized carbons (Fsp3) is 0.412. The molecule has 2 amide bonds. The second-order valence-electron chi connectivity index (χ2n) is 6.65. The van der Waals surface area contributed by atoms with Crippen molar-refractivity contribution in [3.05, 3.63) is 35.1 Å². The molecule has 0 radical (unpaired) electrons. The maximum Gasteiger partial charge on any atom is 0.407 e. The smallest absolute Gasteiger partial charge is 0.407 e. The monoisotopic (exact) mass is 465 g/mol. The van der Waals surface area contributed by atoms with Crippen molar-refractivity contribution in [2.24, 2.45) is 5.73 Å². The number of benzene rings is 1. The summed E-state index contributed by atoms with van der Waals surface area (Å²) in [5.41, 5.74) is 3.63. The summed E-state index contributed by atoms with van der Waals surface area (Å²) < 4.78 is 62.3. The second kappa shape index (κ2) is 8.96. The summed E-state index contributed by atoms with van der Waals surface area (Å²) in [6, 6.07) is 3.98. The second-order valence-corrected chi connectivity index (χ2v) is 7.06. The molecule has 3 N–H and O–H groups in total. The molecule has 31 heavy (non-hydrogen) atoms. The van der Waals surface area contributed by atoms with E-state index in [1.807, 2.05) is 0 Å². The maximum absolute atomic E-state index is 13.1. The van der Waals surface area contributed by atoms with Gasteiger partial charge in [0, 0.05) is 5.56 Å². The molecule has 14 heteroatoms. The molecule has 0 bridgehead atoms. The summed E-state index contributed by atoms with van der Waals surface area (Å²) in [5, 5.41) is 5.55. The predicted molar refractivity (Wildman–Crippen MR) is 97.6 cm³/mol. The molecule has 1 saturated carbocycles. The molecule has 1 atom stereocenters. The number of alkyl halides is 4. The lowest BCUT2D eigenvalue weighted by atomic mass is 10.1. The molecule has 0 aliphatic heterocycles. The van der Waals surface area contributed by atoms with Gasteiger partial charge in [-0.25, -0.2) is 23.4 Å². The molecular weight excluding hydrogens is 450 g/mol. The number of primary amides is 1. The summed E-state index contributed by atoms with van der Waals surface area (Å²) in [7, 11) is 0. The normalized spacial score (nSPS) is 15.6. The Morgan fingerprint density at radius 1 is 1.29 bits per heavy atom. The molecule has 1 aromatic carbocycles. The van der Waals surface area contributed by atoms with E-state index in [1.54, 1.807) is 0 Å². The maximum atomic E-state index is 13.1. The number of aromatic nitrogens is 3. The highest BCUT2D eigenvalue weighted by Gasteiger charge is 2.52. The predicted octanol–water partition coefficient (Wildman–Crippen LogP) is 3.65. The first-order chi connectivity index (χ1) is 14.6. The standard InChI is InChI=1S/C17H16ClF4N5O4/c18-10-2-1-8(5-9(10)12-24-7-25-27(12)14(21)22)11(31-15(23)28)6-30-16(29)26-17(3-4-17)13(19)20/h1-2,5,7,11,13-14H,3-4,6H2,(H2,23,28)(H,26,29). The van der Waals surface area contributed by atoms with Crippen molar-refractivity contribution in [3.8, 4) is 11.4 Å². The lowest BCUT2D eigenvalue weighted by Gasteiger charge is -2.20. The minimum absolute atomic E-state index is 0.0362. The Kier molecular flexibility index (Phi) is 6.53. The number of nitrogens with zero attached hydrogens (tertiary/aromatic N) is 3. The number of nitrogens with one attached hydrogen (secondary N) is 1. The third kappa shape index (κ3) is 5.16. The van der Waals surface area contributed by atoms with E-state index in [-0.39, 0.29) is 34.8 Å². The summed E-state index contributed by atoms with van der Waals surface area (Å²) in [6.45, 7) is -3.58. The van der Waals surface area contributed by atoms with Gasteiger partial charge in [-0.15, -0.1) is 0 Å². The van der Waals surface area contributed by atoms with E-state index in [1.165, 1.54) is 18.2 Å². The Labute approximate surface area is 177 Å². The van der Waals surface area contributed by atoms with Crippen LogP contribution in [0.15, 0.2) is 24.5 Å². The van der Waals surface area contributed by atoms with E-state index in [2.05, 4.69) is 15.4 Å². The Balaban J connectivity index is 1.80. The van der Waals surface area contributed by atoms with Gasteiger partial charge in [0.05, 0.1) is 5.02 Å². The number of hydrogen-bond acceptors (Lipinski definition) is 6. The van der Waals surface area contributed by atoms with E-state index in [0.717, 1.165) is 6.33 Å². The van der Waals surface area contributed by atoms with Crippen molar-refractivity contribution < 1.29 is 36.6 Å². The summed E-state index contributed by atoms with van der Waals surface area (Å²) in [5.74, 6) is -0.258. The van der Waals surface area contributed by atoms with E-state index < -0.39 is 43.4 Å². The van der Waals surface area contributed by atoms with E-state index in [0.29, 0.717) is 4.68 Å². The molecular formula is C17H16ClF4N5O4. The van der Waals surface area contributed by atoms with E-state index in [4.69, 9.17) is 26.8 Å². The molecule has 3 rings (SSSR count). The summed E-state index contributed by atoms with van der Waals surface area (Å²) in [6.07, 6.45) is -5.27. The Bertz CT molecular complexity index is 970. The van der Waals surface area contributed by atoms with Crippen LogP contribution in [0, 0.1) is 0 Å². The molecule has 1 aliphatic rings. The lowest BCUT2D eigenvalue weighted by Crippen LogP contribution is -2.43. The van der Waals surface area contributed by atoms with Crippen molar-refractivity contribution in [1.82, 2.24) is 20.1 Å². The average molecular weight is 466 g/mol. The van der Waals surface area contributed by atoms with Crippen LogP contribution < -0.4 is 11.1 Å². The van der Waals surface area contributed by atoms with Crippen LogP contribution in [0.25, 0.3) is 11.4 Å². The summed E-state index contributed by atoms with van der Waals surface area (Å²) >= 11 is 6.09. The van der Waals surface area contributed by atoms with Crippen molar-refractivity contribution >= 4 is 23.8 Å². The third-order valence-corrected chi connectivity index (χ3v) is 4.87. The molecule has 1 aliphatic carbocycles. The van der Waals surface area contributed by atoms with Gasteiger partial charge in [-0.3, -0.25) is 0 Å². The molecule has 1 fully saturated rings. The third-order valence-electron chi connectivity index (χ3n) is 4.54. The SMILES string of the molecule is NC(=O)OC(COC(=O)NC1(C(F)F)CC1)c1ccc(Cl)c(-c2ncnn2C(F)F)c1.